The van der Waals surface area contributed by atoms with Gasteiger partial charge in [0.15, 0.2) is 0 Å². The molecule has 5 nitrogen and oxygen atoms in total. The second-order valence-electron chi connectivity index (χ2n) is 5.91. The van der Waals surface area contributed by atoms with E-state index in [9.17, 15) is 17.6 Å². The molecular formula is C17H16ClFN2O3S. The zero-order valence-corrected chi connectivity index (χ0v) is 14.7. The van der Waals surface area contributed by atoms with Gasteiger partial charge in [-0.05, 0) is 61.2 Å². The Hall–Kier alpha value is -2.12. The number of anilines is 1. The van der Waals surface area contributed by atoms with E-state index in [1.165, 1.54) is 18.2 Å². The fourth-order valence-corrected chi connectivity index (χ4v) is 3.51. The van der Waals surface area contributed by atoms with Crippen molar-refractivity contribution in [2.75, 3.05) is 11.3 Å². The van der Waals surface area contributed by atoms with Crippen LogP contribution in [0.2, 0.25) is 5.02 Å². The van der Waals surface area contributed by atoms with Crippen molar-refractivity contribution in [3.05, 3.63) is 58.9 Å². The predicted molar refractivity (Wildman–Crippen MR) is 93.7 cm³/mol. The van der Waals surface area contributed by atoms with Gasteiger partial charge in [0, 0.05) is 12.1 Å². The predicted octanol–water partition coefficient (Wildman–Crippen LogP) is 3.42. The second-order valence-corrected chi connectivity index (χ2v) is 8.00. The first-order valence-electron chi connectivity index (χ1n) is 7.71. The van der Waals surface area contributed by atoms with Gasteiger partial charge in [-0.3, -0.25) is 9.52 Å². The zero-order valence-electron chi connectivity index (χ0n) is 13.1. The first-order valence-corrected chi connectivity index (χ1v) is 9.57. The molecule has 0 unspecified atom stereocenters. The van der Waals surface area contributed by atoms with Crippen LogP contribution in [0.4, 0.5) is 10.1 Å². The van der Waals surface area contributed by atoms with Crippen molar-refractivity contribution in [1.29, 1.82) is 0 Å². The number of hydrogen-bond donors (Lipinski definition) is 2. The van der Waals surface area contributed by atoms with Gasteiger partial charge in [-0.15, -0.1) is 0 Å². The van der Waals surface area contributed by atoms with E-state index < -0.39 is 15.8 Å². The first-order chi connectivity index (χ1) is 11.8. The molecule has 3 rings (SSSR count). The van der Waals surface area contributed by atoms with Crippen molar-refractivity contribution in [2.24, 2.45) is 5.92 Å². The maximum atomic E-state index is 13.0. The lowest BCUT2D eigenvalue weighted by molar-refractivity contribution is 0.0952. The highest BCUT2D eigenvalue weighted by Gasteiger charge is 2.22. The van der Waals surface area contributed by atoms with Gasteiger partial charge in [-0.25, -0.2) is 12.8 Å². The third kappa shape index (κ3) is 4.49. The molecule has 0 atom stereocenters. The van der Waals surface area contributed by atoms with Crippen molar-refractivity contribution >= 4 is 33.2 Å². The number of nitrogens with one attached hydrogen (secondary N) is 2. The number of amides is 1. The van der Waals surface area contributed by atoms with Crippen LogP contribution in [0.5, 0.6) is 0 Å². The molecule has 1 fully saturated rings. The highest BCUT2D eigenvalue weighted by Crippen LogP contribution is 2.28. The molecule has 0 spiro atoms. The molecule has 2 N–H and O–H groups in total. The quantitative estimate of drug-likeness (QED) is 0.803. The standard InChI is InChI=1S/C17H16ClFN2O3S/c18-15-8-3-12(17(22)20-10-11-1-2-11)9-16(15)21-25(23,24)14-6-4-13(19)5-7-14/h3-9,11,21H,1-2,10H2,(H,20,22). The van der Waals surface area contributed by atoms with Gasteiger partial charge in [0.1, 0.15) is 5.82 Å². The van der Waals surface area contributed by atoms with Gasteiger partial charge in [-0.1, -0.05) is 11.6 Å². The lowest BCUT2D eigenvalue weighted by atomic mass is 10.2. The summed E-state index contributed by atoms with van der Waals surface area (Å²) in [7, 11) is -3.94. The third-order valence-corrected chi connectivity index (χ3v) is 5.56. The zero-order chi connectivity index (χ0) is 18.0. The van der Waals surface area contributed by atoms with Crippen molar-refractivity contribution in [2.45, 2.75) is 17.7 Å². The first kappa shape index (κ1) is 17.7. The van der Waals surface area contributed by atoms with Crippen molar-refractivity contribution < 1.29 is 17.6 Å². The molecule has 1 aliphatic carbocycles. The van der Waals surface area contributed by atoms with Gasteiger partial charge in [0.25, 0.3) is 15.9 Å². The maximum Gasteiger partial charge on any atom is 0.261 e. The molecule has 1 amide bonds. The molecule has 2 aromatic carbocycles. The minimum Gasteiger partial charge on any atom is -0.352 e. The van der Waals surface area contributed by atoms with Crippen LogP contribution in [-0.4, -0.2) is 20.9 Å². The highest BCUT2D eigenvalue weighted by atomic mass is 35.5. The van der Waals surface area contributed by atoms with Gasteiger partial charge >= 0.3 is 0 Å². The summed E-state index contributed by atoms with van der Waals surface area (Å²) in [4.78, 5) is 12.0. The second kappa shape index (κ2) is 7.01. The largest absolute Gasteiger partial charge is 0.352 e. The summed E-state index contributed by atoms with van der Waals surface area (Å²) in [6.45, 7) is 0.609. The van der Waals surface area contributed by atoms with Crippen LogP contribution in [0.25, 0.3) is 0 Å². The highest BCUT2D eigenvalue weighted by molar-refractivity contribution is 7.92. The summed E-state index contributed by atoms with van der Waals surface area (Å²) in [6.07, 6.45) is 2.23. The average Bonchev–Trinajstić information content (AvgIpc) is 3.39. The lowest BCUT2D eigenvalue weighted by Gasteiger charge is -2.11. The van der Waals surface area contributed by atoms with Crippen LogP contribution in [-0.2, 0) is 10.0 Å². The number of carbonyl (C=O) groups is 1. The van der Waals surface area contributed by atoms with Gasteiger partial charge in [0.2, 0.25) is 0 Å². The fraction of sp³-hybridized carbons (Fsp3) is 0.235. The molecule has 25 heavy (non-hydrogen) atoms. The third-order valence-electron chi connectivity index (χ3n) is 3.85. The fourth-order valence-electron chi connectivity index (χ4n) is 2.22. The lowest BCUT2D eigenvalue weighted by Crippen LogP contribution is -2.25. The van der Waals surface area contributed by atoms with E-state index in [1.54, 1.807) is 0 Å². The van der Waals surface area contributed by atoms with Crippen LogP contribution >= 0.6 is 11.6 Å². The summed E-state index contributed by atoms with van der Waals surface area (Å²) in [5, 5.41) is 2.96. The Balaban J connectivity index is 1.79. The molecule has 0 radical (unpaired) electrons. The molecule has 132 valence electrons. The average molecular weight is 383 g/mol. The van der Waals surface area contributed by atoms with Crippen LogP contribution < -0.4 is 10.0 Å². The summed E-state index contributed by atoms with van der Waals surface area (Å²) >= 11 is 6.04. The minimum absolute atomic E-state index is 0.0880. The van der Waals surface area contributed by atoms with Crippen molar-refractivity contribution in [3.63, 3.8) is 0 Å². The van der Waals surface area contributed by atoms with Crippen molar-refractivity contribution in [3.8, 4) is 0 Å². The van der Waals surface area contributed by atoms with Gasteiger partial charge in [0.05, 0.1) is 15.6 Å². The summed E-state index contributed by atoms with van der Waals surface area (Å²) < 4.78 is 40.0. The molecule has 1 saturated carbocycles. The normalized spacial score (nSPS) is 14.2. The van der Waals surface area contributed by atoms with Crippen LogP contribution in [0, 0.1) is 11.7 Å². The summed E-state index contributed by atoms with van der Waals surface area (Å²) in [5.41, 5.74) is 0.395. The molecule has 0 heterocycles. The molecule has 1 aliphatic rings. The topological polar surface area (TPSA) is 75.3 Å². The Morgan fingerprint density at radius 1 is 1.16 bits per heavy atom. The molecule has 8 heteroatoms. The number of rotatable bonds is 6. The van der Waals surface area contributed by atoms with E-state index >= 15 is 0 Å². The van der Waals surface area contributed by atoms with E-state index in [2.05, 4.69) is 10.0 Å². The van der Waals surface area contributed by atoms with Gasteiger partial charge < -0.3 is 5.32 Å². The van der Waals surface area contributed by atoms with Crippen molar-refractivity contribution in [1.82, 2.24) is 5.32 Å². The van der Waals surface area contributed by atoms with E-state index in [4.69, 9.17) is 11.6 Å². The Kier molecular flexibility index (Phi) is 4.96. The van der Waals surface area contributed by atoms with Crippen LogP contribution in [0.3, 0.4) is 0 Å². The summed E-state index contributed by atoms with van der Waals surface area (Å²) in [5.74, 6) is -0.287. The number of hydrogen-bond acceptors (Lipinski definition) is 3. The monoisotopic (exact) mass is 382 g/mol. The maximum absolute atomic E-state index is 13.0. The summed E-state index contributed by atoms with van der Waals surface area (Å²) in [6, 6.07) is 8.77. The van der Waals surface area contributed by atoms with E-state index in [0.717, 1.165) is 37.1 Å². The molecule has 0 aliphatic heterocycles. The number of carbonyl (C=O) groups excluding carboxylic acids is 1. The van der Waals surface area contributed by atoms with E-state index in [1.807, 2.05) is 0 Å². The molecule has 0 saturated heterocycles. The minimum atomic E-state index is -3.94. The Morgan fingerprint density at radius 3 is 2.48 bits per heavy atom. The molecule has 2 aromatic rings. The molecule has 0 bridgehead atoms. The Bertz CT molecular complexity index is 897. The van der Waals surface area contributed by atoms with Crippen LogP contribution in [0.15, 0.2) is 47.4 Å². The number of halogens is 2. The number of sulfonamides is 1. The Morgan fingerprint density at radius 2 is 1.84 bits per heavy atom. The Labute approximate surface area is 150 Å². The number of benzene rings is 2. The smallest absolute Gasteiger partial charge is 0.261 e. The van der Waals surface area contributed by atoms with Crippen LogP contribution in [0.1, 0.15) is 23.2 Å². The van der Waals surface area contributed by atoms with E-state index in [-0.39, 0.29) is 21.5 Å². The van der Waals surface area contributed by atoms with E-state index in [0.29, 0.717) is 18.0 Å². The molecule has 0 aromatic heterocycles. The molecular weight excluding hydrogens is 367 g/mol. The SMILES string of the molecule is O=C(NCC1CC1)c1ccc(Cl)c(NS(=O)(=O)c2ccc(F)cc2)c1. The van der Waals surface area contributed by atoms with Gasteiger partial charge in [-0.2, -0.15) is 0 Å².